The largest absolute Gasteiger partial charge is 0.497 e. The van der Waals surface area contributed by atoms with Crippen LogP contribution in [0.3, 0.4) is 0 Å². The lowest BCUT2D eigenvalue weighted by molar-refractivity contribution is -0.127. The average molecular weight is 478 g/mol. The third kappa shape index (κ3) is 5.97. The van der Waals surface area contributed by atoms with E-state index < -0.39 is 6.10 Å². The predicted octanol–water partition coefficient (Wildman–Crippen LogP) is 3.16. The van der Waals surface area contributed by atoms with Gasteiger partial charge in [0.05, 0.1) is 20.3 Å². The van der Waals surface area contributed by atoms with Crippen molar-refractivity contribution in [1.82, 2.24) is 25.1 Å². The number of fused-ring (bicyclic) bond motifs is 1. The van der Waals surface area contributed by atoms with Gasteiger partial charge >= 0.3 is 0 Å². The summed E-state index contributed by atoms with van der Waals surface area (Å²) in [5.74, 6) is 2.73. The topological polar surface area (TPSA) is 109 Å². The Hall–Kier alpha value is -4.34. The molecule has 0 aliphatic rings. The van der Waals surface area contributed by atoms with Crippen molar-refractivity contribution in [3.63, 3.8) is 0 Å². The Morgan fingerprint density at radius 3 is 2.57 bits per heavy atom. The monoisotopic (exact) mass is 477 g/mol. The average Bonchev–Trinajstić information content (AvgIpc) is 3.30. The number of hydrogen-bond donors (Lipinski definition) is 1. The van der Waals surface area contributed by atoms with Crippen molar-refractivity contribution < 1.29 is 23.7 Å². The minimum Gasteiger partial charge on any atom is -0.497 e. The van der Waals surface area contributed by atoms with Crippen LogP contribution in [0.5, 0.6) is 23.1 Å². The Labute approximate surface area is 202 Å². The second kappa shape index (κ2) is 11.2. The first-order valence-electron chi connectivity index (χ1n) is 11.2. The number of nitrogens with one attached hydrogen (secondary N) is 1. The van der Waals surface area contributed by atoms with Crippen molar-refractivity contribution in [3.05, 3.63) is 60.7 Å². The molecule has 0 radical (unpaired) electrons. The lowest BCUT2D eigenvalue weighted by Crippen LogP contribution is -2.38. The Kier molecular flexibility index (Phi) is 7.61. The van der Waals surface area contributed by atoms with E-state index in [-0.39, 0.29) is 12.5 Å². The number of amides is 1. The van der Waals surface area contributed by atoms with E-state index in [9.17, 15) is 4.79 Å². The smallest absolute Gasteiger partial charge is 0.260 e. The molecule has 2 aromatic carbocycles. The Balaban J connectivity index is 1.30. The maximum atomic E-state index is 12.4. The molecule has 1 unspecified atom stereocenters. The van der Waals surface area contributed by atoms with Gasteiger partial charge in [0, 0.05) is 17.7 Å². The summed E-state index contributed by atoms with van der Waals surface area (Å²) >= 11 is 0. The lowest BCUT2D eigenvalue weighted by Gasteiger charge is -2.15. The van der Waals surface area contributed by atoms with Gasteiger partial charge in [-0.2, -0.15) is 4.52 Å². The molecule has 0 saturated heterocycles. The van der Waals surface area contributed by atoms with Crippen molar-refractivity contribution in [3.8, 4) is 34.5 Å². The standard InChI is InChI=1S/C25H27N5O5/c1-4-33-20-6-5-7-21(16-20)35-17(2)25(31)26-14-15-34-23-13-12-22-27-28-24(30(22)29-23)18-8-10-19(32-3)11-9-18/h5-13,16-17H,4,14-15H2,1-3H3,(H,26,31). The molecule has 1 N–H and O–H groups in total. The molecule has 4 aromatic rings. The second-order valence-electron chi connectivity index (χ2n) is 7.50. The van der Waals surface area contributed by atoms with Crippen molar-refractivity contribution in [2.75, 3.05) is 26.9 Å². The SMILES string of the molecule is CCOc1cccc(OC(C)C(=O)NCCOc2ccc3nnc(-c4ccc(OC)cc4)n3n2)c1. The molecule has 10 nitrogen and oxygen atoms in total. The highest BCUT2D eigenvalue weighted by atomic mass is 16.5. The van der Waals surface area contributed by atoms with E-state index in [1.165, 1.54) is 0 Å². The minimum absolute atomic E-state index is 0.233. The van der Waals surface area contributed by atoms with Crippen molar-refractivity contribution in [1.29, 1.82) is 0 Å². The van der Waals surface area contributed by atoms with E-state index in [4.69, 9.17) is 18.9 Å². The molecule has 2 aromatic heterocycles. The van der Waals surface area contributed by atoms with Crippen LogP contribution in [0.25, 0.3) is 17.0 Å². The zero-order valence-electron chi connectivity index (χ0n) is 19.8. The summed E-state index contributed by atoms with van der Waals surface area (Å²) in [6.07, 6.45) is -0.676. The third-order valence-corrected chi connectivity index (χ3v) is 5.04. The van der Waals surface area contributed by atoms with Crippen LogP contribution in [-0.2, 0) is 4.79 Å². The van der Waals surface area contributed by atoms with Gasteiger partial charge in [0.1, 0.15) is 23.9 Å². The first-order chi connectivity index (χ1) is 17.1. The van der Waals surface area contributed by atoms with E-state index in [0.717, 1.165) is 11.3 Å². The summed E-state index contributed by atoms with van der Waals surface area (Å²) in [5, 5.41) is 15.7. The van der Waals surface area contributed by atoms with Gasteiger partial charge in [-0.3, -0.25) is 4.79 Å². The van der Waals surface area contributed by atoms with Crippen molar-refractivity contribution in [2.24, 2.45) is 0 Å². The van der Waals surface area contributed by atoms with Gasteiger partial charge in [-0.25, -0.2) is 0 Å². The zero-order chi connectivity index (χ0) is 24.6. The van der Waals surface area contributed by atoms with E-state index in [1.807, 2.05) is 43.3 Å². The molecule has 0 aliphatic carbocycles. The lowest BCUT2D eigenvalue weighted by atomic mass is 10.2. The molecule has 10 heteroatoms. The molecular weight excluding hydrogens is 450 g/mol. The summed E-state index contributed by atoms with van der Waals surface area (Å²) in [6.45, 7) is 4.67. The summed E-state index contributed by atoms with van der Waals surface area (Å²) < 4.78 is 23.7. The van der Waals surface area contributed by atoms with Gasteiger partial charge in [-0.15, -0.1) is 15.3 Å². The van der Waals surface area contributed by atoms with Gasteiger partial charge in [0.2, 0.25) is 5.88 Å². The van der Waals surface area contributed by atoms with Crippen molar-refractivity contribution in [2.45, 2.75) is 20.0 Å². The maximum absolute atomic E-state index is 12.4. The number of ether oxygens (including phenoxy) is 4. The van der Waals surface area contributed by atoms with Crippen LogP contribution in [0.1, 0.15) is 13.8 Å². The Morgan fingerprint density at radius 2 is 1.80 bits per heavy atom. The molecule has 0 bridgehead atoms. The molecule has 0 aliphatic heterocycles. The summed E-state index contributed by atoms with van der Waals surface area (Å²) in [7, 11) is 1.62. The number of nitrogens with zero attached hydrogens (tertiary/aromatic N) is 4. The van der Waals surface area contributed by atoms with E-state index in [1.54, 1.807) is 42.8 Å². The first-order valence-corrected chi connectivity index (χ1v) is 11.2. The number of carbonyl (C=O) groups is 1. The summed E-state index contributed by atoms with van der Waals surface area (Å²) in [5.41, 5.74) is 1.44. The highest BCUT2D eigenvalue weighted by molar-refractivity contribution is 5.80. The summed E-state index contributed by atoms with van der Waals surface area (Å²) in [6, 6.07) is 18.1. The van der Waals surface area contributed by atoms with E-state index in [0.29, 0.717) is 42.0 Å². The first kappa shape index (κ1) is 23.8. The fraction of sp³-hybridized carbons (Fsp3) is 0.280. The van der Waals surface area contributed by atoms with Gasteiger partial charge in [0.25, 0.3) is 5.91 Å². The number of benzene rings is 2. The van der Waals surface area contributed by atoms with Crippen LogP contribution in [0.4, 0.5) is 0 Å². The van der Waals surface area contributed by atoms with Crippen LogP contribution in [-0.4, -0.2) is 58.7 Å². The molecule has 182 valence electrons. The van der Waals surface area contributed by atoms with Crippen LogP contribution in [0, 0.1) is 0 Å². The Morgan fingerprint density at radius 1 is 1.00 bits per heavy atom. The molecule has 2 heterocycles. The molecule has 35 heavy (non-hydrogen) atoms. The zero-order valence-corrected chi connectivity index (χ0v) is 19.8. The van der Waals surface area contributed by atoms with Crippen LogP contribution >= 0.6 is 0 Å². The summed E-state index contributed by atoms with van der Waals surface area (Å²) in [4.78, 5) is 12.4. The predicted molar refractivity (Wildman–Crippen MR) is 129 cm³/mol. The molecule has 0 saturated carbocycles. The number of carbonyl (C=O) groups excluding carboxylic acids is 1. The van der Waals surface area contributed by atoms with Gasteiger partial charge in [0.15, 0.2) is 17.6 Å². The van der Waals surface area contributed by atoms with E-state index >= 15 is 0 Å². The molecule has 1 atom stereocenters. The normalized spacial score (nSPS) is 11.6. The molecule has 4 rings (SSSR count). The van der Waals surface area contributed by atoms with Crippen molar-refractivity contribution >= 4 is 11.6 Å². The van der Waals surface area contributed by atoms with Gasteiger partial charge < -0.3 is 24.3 Å². The second-order valence-corrected chi connectivity index (χ2v) is 7.50. The van der Waals surface area contributed by atoms with Crippen LogP contribution < -0.4 is 24.3 Å². The van der Waals surface area contributed by atoms with Crippen LogP contribution in [0.2, 0.25) is 0 Å². The van der Waals surface area contributed by atoms with Gasteiger partial charge in [-0.05, 0) is 56.3 Å². The Bertz CT molecular complexity index is 1270. The molecule has 0 spiro atoms. The number of hydrogen-bond acceptors (Lipinski definition) is 8. The number of rotatable bonds is 11. The fourth-order valence-electron chi connectivity index (χ4n) is 3.30. The molecule has 0 fully saturated rings. The quantitative estimate of drug-likeness (QED) is 0.328. The highest BCUT2D eigenvalue weighted by Gasteiger charge is 2.15. The van der Waals surface area contributed by atoms with Crippen LogP contribution in [0.15, 0.2) is 60.7 Å². The van der Waals surface area contributed by atoms with Gasteiger partial charge in [-0.1, -0.05) is 6.07 Å². The maximum Gasteiger partial charge on any atom is 0.260 e. The third-order valence-electron chi connectivity index (χ3n) is 5.04. The molecule has 1 amide bonds. The fourth-order valence-corrected chi connectivity index (χ4v) is 3.30. The minimum atomic E-state index is -0.676. The highest BCUT2D eigenvalue weighted by Crippen LogP contribution is 2.22. The van der Waals surface area contributed by atoms with E-state index in [2.05, 4.69) is 20.6 Å². The molecular formula is C25H27N5O5. The number of methoxy groups -OCH3 is 1. The number of aromatic nitrogens is 4.